The van der Waals surface area contributed by atoms with E-state index in [0.29, 0.717) is 10.8 Å². The molecular formula is C15H24. The zero-order valence-corrected chi connectivity index (χ0v) is 10.6. The lowest BCUT2D eigenvalue weighted by atomic mass is 9.38. The van der Waals surface area contributed by atoms with Crippen LogP contribution in [0, 0.1) is 28.6 Å². The Morgan fingerprint density at radius 3 is 2.60 bits per heavy atom. The summed E-state index contributed by atoms with van der Waals surface area (Å²) in [4.78, 5) is 0. The lowest BCUT2D eigenvalue weighted by Gasteiger charge is -2.66. The summed E-state index contributed by atoms with van der Waals surface area (Å²) in [6.45, 7) is 9.98. The molecule has 2 saturated carbocycles. The molecule has 0 aromatic heterocycles. The van der Waals surface area contributed by atoms with Gasteiger partial charge in [0, 0.05) is 0 Å². The zero-order valence-electron chi connectivity index (χ0n) is 10.6. The number of fused-ring (bicyclic) bond motifs is 1. The van der Waals surface area contributed by atoms with Crippen molar-refractivity contribution in [3.05, 3.63) is 11.6 Å². The molecule has 0 radical (unpaired) electrons. The maximum Gasteiger partial charge on any atom is -0.0113 e. The summed E-state index contributed by atoms with van der Waals surface area (Å²) in [7, 11) is 0. The minimum Gasteiger partial charge on any atom is -0.0850 e. The molecule has 0 aromatic rings. The SMILES string of the molecule is CC1=CCC2C3C1C2(C)CCCC3(C)C. The molecule has 15 heavy (non-hydrogen) atoms. The van der Waals surface area contributed by atoms with Crippen LogP contribution in [0.5, 0.6) is 0 Å². The fourth-order valence-electron chi connectivity index (χ4n) is 5.25. The Morgan fingerprint density at radius 2 is 1.93 bits per heavy atom. The van der Waals surface area contributed by atoms with Crippen LogP contribution in [0.1, 0.15) is 53.4 Å². The summed E-state index contributed by atoms with van der Waals surface area (Å²) in [6.07, 6.45) is 8.28. The van der Waals surface area contributed by atoms with E-state index in [2.05, 4.69) is 33.8 Å². The van der Waals surface area contributed by atoms with Gasteiger partial charge in [0.25, 0.3) is 0 Å². The predicted molar refractivity (Wildman–Crippen MR) is 64.6 cm³/mol. The third-order valence-corrected chi connectivity index (χ3v) is 5.97. The highest BCUT2D eigenvalue weighted by Crippen LogP contribution is 2.72. The zero-order chi connectivity index (χ0) is 10.8. The summed E-state index contributed by atoms with van der Waals surface area (Å²) >= 11 is 0. The smallest absolute Gasteiger partial charge is 0.0113 e. The summed E-state index contributed by atoms with van der Waals surface area (Å²) in [5, 5.41) is 0. The van der Waals surface area contributed by atoms with Crippen LogP contribution >= 0.6 is 0 Å². The average molecular weight is 204 g/mol. The van der Waals surface area contributed by atoms with Gasteiger partial charge in [0.05, 0.1) is 0 Å². The number of hydrogen-bond donors (Lipinski definition) is 0. The van der Waals surface area contributed by atoms with Crippen molar-refractivity contribution in [3.63, 3.8) is 0 Å². The van der Waals surface area contributed by atoms with Crippen LogP contribution in [0.2, 0.25) is 0 Å². The minimum absolute atomic E-state index is 0.598. The molecule has 0 amide bonds. The van der Waals surface area contributed by atoms with Gasteiger partial charge in [-0.25, -0.2) is 0 Å². The van der Waals surface area contributed by atoms with Crippen LogP contribution in [-0.4, -0.2) is 0 Å². The van der Waals surface area contributed by atoms with Crippen molar-refractivity contribution in [1.82, 2.24) is 0 Å². The first-order valence-electron chi connectivity index (χ1n) is 6.63. The molecule has 0 N–H and O–H groups in total. The molecule has 4 atom stereocenters. The van der Waals surface area contributed by atoms with E-state index in [4.69, 9.17) is 0 Å². The lowest BCUT2D eigenvalue weighted by Crippen LogP contribution is -2.60. The van der Waals surface area contributed by atoms with Gasteiger partial charge in [-0.1, -0.05) is 38.8 Å². The van der Waals surface area contributed by atoms with Gasteiger partial charge in [0.15, 0.2) is 0 Å². The van der Waals surface area contributed by atoms with E-state index in [1.54, 1.807) is 5.57 Å². The Bertz CT molecular complexity index is 323. The Morgan fingerprint density at radius 1 is 1.20 bits per heavy atom. The maximum absolute atomic E-state index is 2.57. The van der Waals surface area contributed by atoms with Gasteiger partial charge in [0.1, 0.15) is 0 Å². The monoisotopic (exact) mass is 204 g/mol. The topological polar surface area (TPSA) is 0 Å². The van der Waals surface area contributed by atoms with Crippen molar-refractivity contribution in [3.8, 4) is 0 Å². The van der Waals surface area contributed by atoms with E-state index < -0.39 is 0 Å². The lowest BCUT2D eigenvalue weighted by molar-refractivity contribution is -0.138. The largest absolute Gasteiger partial charge is 0.0850 e. The standard InChI is InChI=1S/C15H24/c1-10-6-7-11-13-12(10)15(11,4)9-5-8-14(13,2)3/h6,11-13H,5,7-9H2,1-4H3. The van der Waals surface area contributed by atoms with Crippen molar-refractivity contribution in [2.75, 3.05) is 0 Å². The van der Waals surface area contributed by atoms with Gasteiger partial charge in [-0.3, -0.25) is 0 Å². The van der Waals surface area contributed by atoms with Crippen molar-refractivity contribution in [2.24, 2.45) is 28.6 Å². The maximum atomic E-state index is 2.57. The Kier molecular flexibility index (Phi) is 1.79. The second kappa shape index (κ2) is 2.70. The molecule has 0 heterocycles. The van der Waals surface area contributed by atoms with E-state index in [1.165, 1.54) is 25.7 Å². The molecule has 4 unspecified atom stereocenters. The number of allylic oxidation sites excluding steroid dienone is 2. The first-order chi connectivity index (χ1) is 6.97. The van der Waals surface area contributed by atoms with Crippen molar-refractivity contribution < 1.29 is 0 Å². The van der Waals surface area contributed by atoms with E-state index in [9.17, 15) is 0 Å². The van der Waals surface area contributed by atoms with E-state index in [-0.39, 0.29) is 0 Å². The molecule has 0 spiro atoms. The van der Waals surface area contributed by atoms with E-state index in [0.717, 1.165) is 17.8 Å². The predicted octanol–water partition coefficient (Wildman–Crippen LogP) is 4.42. The van der Waals surface area contributed by atoms with Crippen molar-refractivity contribution >= 4 is 0 Å². The van der Waals surface area contributed by atoms with Crippen LogP contribution in [0.15, 0.2) is 11.6 Å². The second-order valence-corrected chi connectivity index (χ2v) is 7.14. The van der Waals surface area contributed by atoms with Gasteiger partial charge < -0.3 is 0 Å². The molecule has 0 aromatic carbocycles. The first-order valence-corrected chi connectivity index (χ1v) is 6.63. The van der Waals surface area contributed by atoms with Gasteiger partial charge >= 0.3 is 0 Å². The summed E-state index contributed by atoms with van der Waals surface area (Å²) in [5.41, 5.74) is 2.98. The molecule has 84 valence electrons. The van der Waals surface area contributed by atoms with Crippen LogP contribution < -0.4 is 0 Å². The highest BCUT2D eigenvalue weighted by atomic mass is 14.7. The molecule has 0 nitrogen and oxygen atoms in total. The molecular weight excluding hydrogens is 180 g/mol. The molecule has 0 saturated heterocycles. The van der Waals surface area contributed by atoms with Gasteiger partial charge in [0.2, 0.25) is 0 Å². The van der Waals surface area contributed by atoms with Crippen LogP contribution in [0.3, 0.4) is 0 Å². The summed E-state index contributed by atoms with van der Waals surface area (Å²) in [5.74, 6) is 2.92. The van der Waals surface area contributed by atoms with E-state index >= 15 is 0 Å². The molecule has 4 aliphatic carbocycles. The van der Waals surface area contributed by atoms with Crippen molar-refractivity contribution in [1.29, 1.82) is 0 Å². The molecule has 2 fully saturated rings. The van der Waals surface area contributed by atoms with Gasteiger partial charge in [-0.2, -0.15) is 0 Å². The van der Waals surface area contributed by atoms with Crippen LogP contribution in [0.4, 0.5) is 0 Å². The third kappa shape index (κ3) is 1.04. The Hall–Kier alpha value is -0.260. The normalized spacial score (nSPS) is 51.5. The molecule has 0 aliphatic heterocycles. The van der Waals surface area contributed by atoms with Crippen molar-refractivity contribution in [2.45, 2.75) is 53.4 Å². The molecule has 0 heteroatoms. The number of rotatable bonds is 0. The highest BCUT2D eigenvalue weighted by molar-refractivity contribution is 5.28. The molecule has 4 aliphatic rings. The molecule has 4 rings (SSSR count). The average Bonchev–Trinajstić information content (AvgIpc) is 2.30. The van der Waals surface area contributed by atoms with Crippen LogP contribution in [0.25, 0.3) is 0 Å². The minimum atomic E-state index is 0.598. The summed E-state index contributed by atoms with van der Waals surface area (Å²) < 4.78 is 0. The fraction of sp³-hybridized carbons (Fsp3) is 0.867. The molecule has 4 bridgehead atoms. The van der Waals surface area contributed by atoms with E-state index in [1.807, 2.05) is 0 Å². The Balaban J connectivity index is 2.06. The Labute approximate surface area is 94.1 Å². The quantitative estimate of drug-likeness (QED) is 0.513. The van der Waals surface area contributed by atoms with Gasteiger partial charge in [-0.05, 0) is 54.8 Å². The third-order valence-electron chi connectivity index (χ3n) is 5.97. The first kappa shape index (κ1) is 9.93. The summed E-state index contributed by atoms with van der Waals surface area (Å²) in [6, 6.07) is 0. The number of hydrogen-bond acceptors (Lipinski definition) is 0. The fourth-order valence-corrected chi connectivity index (χ4v) is 5.25. The van der Waals surface area contributed by atoms with Gasteiger partial charge in [-0.15, -0.1) is 0 Å². The second-order valence-electron chi connectivity index (χ2n) is 7.14. The van der Waals surface area contributed by atoms with Crippen LogP contribution in [-0.2, 0) is 0 Å². The highest BCUT2D eigenvalue weighted by Gasteiger charge is 2.64.